The van der Waals surface area contributed by atoms with Crippen molar-refractivity contribution in [3.63, 3.8) is 0 Å². The Labute approximate surface area is 120 Å². The molecule has 0 aliphatic carbocycles. The Balaban J connectivity index is 3.01. The number of nitriles is 1. The summed E-state index contributed by atoms with van der Waals surface area (Å²) in [5.41, 5.74) is 1.70. The first-order valence-corrected chi connectivity index (χ1v) is 6.74. The van der Waals surface area contributed by atoms with E-state index in [-0.39, 0.29) is 18.2 Å². The van der Waals surface area contributed by atoms with E-state index in [1.165, 1.54) is 6.92 Å². The Bertz CT molecular complexity index is 534. The number of carbonyl (C=O) groups is 2. The van der Waals surface area contributed by atoms with Gasteiger partial charge < -0.3 is 4.74 Å². The second kappa shape index (κ2) is 7.05. The molecule has 0 amide bonds. The van der Waals surface area contributed by atoms with Crippen LogP contribution in [0.15, 0.2) is 18.2 Å². The number of nitrogens with zero attached hydrogens (tertiary/aromatic N) is 1. The first-order valence-electron chi connectivity index (χ1n) is 5.82. The predicted octanol–water partition coefficient (Wildman–Crippen LogP) is 2.69. The molecule has 0 aliphatic heterocycles. The van der Waals surface area contributed by atoms with Gasteiger partial charge in [-0.15, -0.1) is 0 Å². The normalized spacial score (nSPS) is 11.5. The predicted molar refractivity (Wildman–Crippen MR) is 73.8 cm³/mol. The molecular formula is C14H14BrNO3. The van der Waals surface area contributed by atoms with E-state index in [0.717, 1.165) is 0 Å². The molecule has 1 aromatic carbocycles. The Hall–Kier alpha value is -1.67. The van der Waals surface area contributed by atoms with Gasteiger partial charge in [-0.25, -0.2) is 0 Å². The number of ketones is 1. The Kier molecular flexibility index (Phi) is 5.71. The number of alkyl halides is 1. The molecular weight excluding hydrogens is 310 g/mol. The van der Waals surface area contributed by atoms with Gasteiger partial charge >= 0.3 is 5.97 Å². The van der Waals surface area contributed by atoms with Gasteiger partial charge in [-0.3, -0.25) is 9.59 Å². The van der Waals surface area contributed by atoms with Crippen LogP contribution in [0.3, 0.4) is 0 Å². The minimum Gasteiger partial charge on any atom is -0.466 e. The minimum atomic E-state index is -0.434. The smallest absolute Gasteiger partial charge is 0.310 e. The van der Waals surface area contributed by atoms with Crippen molar-refractivity contribution in [1.29, 1.82) is 5.26 Å². The lowest BCUT2D eigenvalue weighted by atomic mass is 10.00. The molecule has 0 radical (unpaired) electrons. The van der Waals surface area contributed by atoms with Crippen LogP contribution in [0, 0.1) is 11.3 Å². The van der Waals surface area contributed by atoms with Gasteiger partial charge in [-0.05, 0) is 31.0 Å². The van der Waals surface area contributed by atoms with Gasteiger partial charge in [-0.1, -0.05) is 28.1 Å². The maximum Gasteiger partial charge on any atom is 0.310 e. The molecule has 0 saturated heterocycles. The molecule has 1 unspecified atom stereocenters. The molecule has 0 fully saturated rings. The second-order valence-electron chi connectivity index (χ2n) is 3.98. The highest BCUT2D eigenvalue weighted by molar-refractivity contribution is 9.09. The first kappa shape index (κ1) is 15.4. The number of hydrogen-bond acceptors (Lipinski definition) is 4. The number of Topliss-reactive ketones (excluding diaryl/α,β-unsaturated/α-hetero) is 1. The Morgan fingerprint density at radius 2 is 2.16 bits per heavy atom. The molecule has 1 aromatic rings. The van der Waals surface area contributed by atoms with E-state index in [0.29, 0.717) is 23.3 Å². The van der Waals surface area contributed by atoms with Crippen molar-refractivity contribution in [2.75, 3.05) is 6.61 Å². The van der Waals surface area contributed by atoms with Crippen LogP contribution in [0.5, 0.6) is 0 Å². The fourth-order valence-corrected chi connectivity index (χ4v) is 1.90. The van der Waals surface area contributed by atoms with E-state index in [9.17, 15) is 9.59 Å². The van der Waals surface area contributed by atoms with Gasteiger partial charge in [0.15, 0.2) is 0 Å². The highest BCUT2D eigenvalue weighted by Gasteiger charge is 2.15. The van der Waals surface area contributed by atoms with Crippen molar-refractivity contribution in [3.8, 4) is 6.07 Å². The quantitative estimate of drug-likeness (QED) is 0.617. The summed E-state index contributed by atoms with van der Waals surface area (Å²) in [7, 11) is 0. The third kappa shape index (κ3) is 4.18. The number of halogens is 1. The van der Waals surface area contributed by atoms with Crippen LogP contribution < -0.4 is 0 Å². The fraction of sp³-hybridized carbons (Fsp3) is 0.357. The van der Waals surface area contributed by atoms with Crippen LogP contribution in [0.4, 0.5) is 0 Å². The average Bonchev–Trinajstić information content (AvgIpc) is 2.38. The molecule has 0 bridgehead atoms. The molecule has 0 N–H and O–H groups in total. The van der Waals surface area contributed by atoms with Gasteiger partial charge in [0.1, 0.15) is 5.78 Å². The molecule has 0 aromatic heterocycles. The zero-order valence-corrected chi connectivity index (χ0v) is 12.4. The topological polar surface area (TPSA) is 67.2 Å². The number of benzene rings is 1. The Morgan fingerprint density at radius 3 is 2.68 bits per heavy atom. The molecule has 0 aliphatic rings. The van der Waals surface area contributed by atoms with Crippen molar-refractivity contribution < 1.29 is 14.3 Å². The molecule has 5 heteroatoms. The van der Waals surface area contributed by atoms with Crippen LogP contribution in [0.1, 0.15) is 35.4 Å². The van der Waals surface area contributed by atoms with Crippen LogP contribution >= 0.6 is 15.9 Å². The zero-order valence-electron chi connectivity index (χ0n) is 10.8. The van der Waals surface area contributed by atoms with E-state index in [2.05, 4.69) is 15.9 Å². The second-order valence-corrected chi connectivity index (χ2v) is 4.90. The SMILES string of the molecule is CCOC(=O)Cc1ccc(C(Br)C(C)=O)cc1C#N. The summed E-state index contributed by atoms with van der Waals surface area (Å²) in [6.45, 7) is 3.51. The largest absolute Gasteiger partial charge is 0.466 e. The molecule has 0 saturated carbocycles. The summed E-state index contributed by atoms with van der Waals surface area (Å²) in [6.07, 6.45) is 0.0596. The monoisotopic (exact) mass is 323 g/mol. The van der Waals surface area contributed by atoms with E-state index in [4.69, 9.17) is 10.00 Å². The lowest BCUT2D eigenvalue weighted by molar-refractivity contribution is -0.142. The van der Waals surface area contributed by atoms with Crippen LogP contribution in [0.25, 0.3) is 0 Å². The van der Waals surface area contributed by atoms with E-state index >= 15 is 0 Å². The number of ether oxygens (including phenoxy) is 1. The average molecular weight is 324 g/mol. The lowest BCUT2D eigenvalue weighted by Gasteiger charge is -2.09. The lowest BCUT2D eigenvalue weighted by Crippen LogP contribution is -2.09. The Morgan fingerprint density at radius 1 is 1.47 bits per heavy atom. The summed E-state index contributed by atoms with van der Waals surface area (Å²) < 4.78 is 4.85. The van der Waals surface area contributed by atoms with Crippen LogP contribution in [-0.4, -0.2) is 18.4 Å². The van der Waals surface area contributed by atoms with Crippen molar-refractivity contribution in [2.24, 2.45) is 0 Å². The number of rotatable bonds is 5. The van der Waals surface area contributed by atoms with E-state index < -0.39 is 4.83 Å². The van der Waals surface area contributed by atoms with Gasteiger partial charge in [0, 0.05) is 0 Å². The molecule has 100 valence electrons. The number of esters is 1. The molecule has 19 heavy (non-hydrogen) atoms. The summed E-state index contributed by atoms with van der Waals surface area (Å²) >= 11 is 3.26. The third-order valence-corrected chi connectivity index (χ3v) is 3.72. The molecule has 1 atom stereocenters. The van der Waals surface area contributed by atoms with Gasteiger partial charge in [-0.2, -0.15) is 5.26 Å². The van der Waals surface area contributed by atoms with Gasteiger partial charge in [0.25, 0.3) is 0 Å². The summed E-state index contributed by atoms with van der Waals surface area (Å²) in [4.78, 5) is 22.3. The molecule has 4 nitrogen and oxygen atoms in total. The summed E-state index contributed by atoms with van der Waals surface area (Å²) in [5.74, 6) is -0.407. The summed E-state index contributed by atoms with van der Waals surface area (Å²) in [6, 6.07) is 7.07. The number of hydrogen-bond donors (Lipinski definition) is 0. The fourth-order valence-electron chi connectivity index (χ4n) is 1.61. The maximum absolute atomic E-state index is 11.4. The first-order chi connectivity index (χ1) is 8.99. The molecule has 0 heterocycles. The minimum absolute atomic E-state index is 0.0398. The number of carbonyl (C=O) groups excluding carboxylic acids is 2. The summed E-state index contributed by atoms with van der Waals surface area (Å²) in [5, 5.41) is 9.10. The molecule has 0 spiro atoms. The van der Waals surface area contributed by atoms with E-state index in [1.54, 1.807) is 25.1 Å². The highest BCUT2D eigenvalue weighted by Crippen LogP contribution is 2.25. The maximum atomic E-state index is 11.4. The standard InChI is InChI=1S/C14H14BrNO3/c1-3-19-13(18)7-10-4-5-11(6-12(10)8-16)14(15)9(2)17/h4-6,14H,3,7H2,1-2H3. The van der Waals surface area contributed by atoms with Crippen molar-refractivity contribution >= 4 is 27.7 Å². The van der Waals surface area contributed by atoms with Gasteiger partial charge in [0.2, 0.25) is 0 Å². The highest BCUT2D eigenvalue weighted by atomic mass is 79.9. The van der Waals surface area contributed by atoms with Crippen molar-refractivity contribution in [2.45, 2.75) is 25.1 Å². The zero-order chi connectivity index (χ0) is 14.4. The van der Waals surface area contributed by atoms with Gasteiger partial charge in [0.05, 0.1) is 29.5 Å². The third-order valence-electron chi connectivity index (χ3n) is 2.54. The van der Waals surface area contributed by atoms with Crippen LogP contribution in [-0.2, 0) is 20.7 Å². The van der Waals surface area contributed by atoms with E-state index in [1.807, 2.05) is 6.07 Å². The van der Waals surface area contributed by atoms with Crippen LogP contribution in [0.2, 0.25) is 0 Å². The van der Waals surface area contributed by atoms with Crippen molar-refractivity contribution in [3.05, 3.63) is 34.9 Å². The van der Waals surface area contributed by atoms with Crippen molar-refractivity contribution in [1.82, 2.24) is 0 Å². The molecule has 1 rings (SSSR count).